The van der Waals surface area contributed by atoms with Gasteiger partial charge in [0.2, 0.25) is 0 Å². The van der Waals surface area contributed by atoms with E-state index >= 15 is 0 Å². The number of aromatic nitrogens is 1. The van der Waals surface area contributed by atoms with Gasteiger partial charge in [-0.25, -0.2) is 4.79 Å². The zero-order valence-electron chi connectivity index (χ0n) is 35.3. The number of aliphatic hydroxyl groups excluding tert-OH is 1. The Hall–Kier alpha value is -1.92. The number of carboxylic acid groups (broad SMARTS) is 1. The highest BCUT2D eigenvalue weighted by atomic mass is 28.4. The van der Waals surface area contributed by atoms with Crippen molar-refractivity contribution in [2.75, 3.05) is 0 Å². The molecule has 0 bridgehead atoms. The first kappa shape index (κ1) is 47.1. The van der Waals surface area contributed by atoms with E-state index in [-0.39, 0.29) is 28.0 Å². The van der Waals surface area contributed by atoms with E-state index in [1.165, 1.54) is 5.57 Å². The molecule has 1 rings (SSSR count). The van der Waals surface area contributed by atoms with Crippen LogP contribution in [0.5, 0.6) is 0 Å². The smallest absolute Gasteiger partial charge is 0.374 e. The van der Waals surface area contributed by atoms with E-state index in [1.54, 1.807) is 6.20 Å². The summed E-state index contributed by atoms with van der Waals surface area (Å²) >= 11 is 0. The van der Waals surface area contributed by atoms with Crippen molar-refractivity contribution < 1.29 is 28.7 Å². The molecule has 7 nitrogen and oxygen atoms in total. The number of nitrogens with zero attached hydrogens (tertiary/aromatic N) is 1. The van der Waals surface area contributed by atoms with Gasteiger partial charge in [-0.3, -0.25) is 9.78 Å². The first-order valence-electron chi connectivity index (χ1n) is 19.2. The summed E-state index contributed by atoms with van der Waals surface area (Å²) in [4.78, 5) is 29.9. The Bertz CT molecular complexity index is 1310. The number of carbonyl (C=O) groups is 2. The fraction of sp³-hybridized carbons (Fsp3) is 0.738. The number of carbonyl (C=O) groups excluding carboxylic acids is 1. The Morgan fingerprint density at radius 3 is 1.98 bits per heavy atom. The molecule has 2 N–H and O–H groups in total. The van der Waals surface area contributed by atoms with Crippen LogP contribution in [0.1, 0.15) is 134 Å². The molecule has 51 heavy (non-hydrogen) atoms. The number of hydrogen-bond donors (Lipinski definition) is 2. The van der Waals surface area contributed by atoms with Crippen LogP contribution in [0.3, 0.4) is 0 Å². The predicted molar refractivity (Wildman–Crippen MR) is 219 cm³/mol. The lowest BCUT2D eigenvalue weighted by atomic mass is 9.72. The van der Waals surface area contributed by atoms with Crippen LogP contribution in [-0.4, -0.2) is 61.9 Å². The molecule has 0 unspecified atom stereocenters. The van der Waals surface area contributed by atoms with Crippen LogP contribution in [0.4, 0.5) is 0 Å². The summed E-state index contributed by atoms with van der Waals surface area (Å²) in [6.45, 7) is 34.5. The lowest BCUT2D eigenvalue weighted by Gasteiger charge is -2.47. The van der Waals surface area contributed by atoms with Crippen molar-refractivity contribution in [2.24, 2.45) is 17.3 Å². The van der Waals surface area contributed by atoms with Crippen molar-refractivity contribution in [2.45, 2.75) is 183 Å². The third-order valence-corrected chi connectivity index (χ3v) is 20.5. The summed E-state index contributed by atoms with van der Waals surface area (Å²) < 4.78 is 14.0. The van der Waals surface area contributed by atoms with Crippen molar-refractivity contribution in [3.63, 3.8) is 0 Å². The number of hydrogen-bond acceptors (Lipinski definition) is 6. The zero-order valence-corrected chi connectivity index (χ0v) is 37.3. The van der Waals surface area contributed by atoms with Crippen molar-refractivity contribution in [3.8, 4) is 0 Å². The Balaban J connectivity index is 3.31. The molecule has 0 aliphatic rings. The molecular formula is C42H75NO6Si2. The third-order valence-electron chi connectivity index (χ3n) is 11.6. The number of Topliss-reactive ketones (excluding diaryl/α,β-unsaturated/α-hetero) is 1. The van der Waals surface area contributed by atoms with Crippen molar-refractivity contribution in [3.05, 3.63) is 47.3 Å². The van der Waals surface area contributed by atoms with Crippen molar-refractivity contribution in [1.29, 1.82) is 0 Å². The monoisotopic (exact) mass is 746 g/mol. The van der Waals surface area contributed by atoms with Gasteiger partial charge in [0, 0.05) is 6.20 Å². The number of rotatable bonds is 21. The lowest BCUT2D eigenvalue weighted by Crippen LogP contribution is -2.54. The average molecular weight is 746 g/mol. The predicted octanol–water partition coefficient (Wildman–Crippen LogP) is 11.3. The molecule has 292 valence electrons. The number of carboxylic acids is 1. The van der Waals surface area contributed by atoms with E-state index in [9.17, 15) is 19.8 Å². The highest BCUT2D eigenvalue weighted by Gasteiger charge is 2.49. The molecule has 0 saturated heterocycles. The molecule has 1 aromatic heterocycles. The molecule has 0 aromatic carbocycles. The van der Waals surface area contributed by atoms with E-state index in [0.29, 0.717) is 12.8 Å². The van der Waals surface area contributed by atoms with E-state index in [2.05, 4.69) is 99.6 Å². The summed E-state index contributed by atoms with van der Waals surface area (Å²) in [5.74, 6) is -1.91. The van der Waals surface area contributed by atoms with E-state index in [1.807, 2.05) is 45.0 Å². The third kappa shape index (κ3) is 14.8. The highest BCUT2D eigenvalue weighted by Crippen LogP contribution is 2.45. The molecule has 9 heteroatoms. The first-order chi connectivity index (χ1) is 23.2. The Kier molecular flexibility index (Phi) is 17.9. The minimum atomic E-state index is -2.47. The number of ketones is 1. The minimum absolute atomic E-state index is 0.0216. The topological polar surface area (TPSA) is 106 Å². The fourth-order valence-electron chi connectivity index (χ4n) is 6.14. The number of aliphatic carboxylic acids is 1. The molecule has 0 spiro atoms. The standard InChI is InChI=1S/C42H75NO6Si2/c1-17-21-33(29-42(11,12)38(36(45)39(46)47)49-51(15,16)41(8,9)10)37(48-50(13,14)40(5,6)7)31(3)23-20-22-30(2)25-26-35(44)32(4)28-34-24-18-19-27-43-34/h18-19,24-25,27-28,31,33,35,37-38,44H,17,20-23,26,29H2,1-16H3,(H,46,47)/b30-25-,32-28+/t31-,33+,35-,37-,38+/m0/s1. The molecule has 0 radical (unpaired) electrons. The summed E-state index contributed by atoms with van der Waals surface area (Å²) in [7, 11) is -4.66. The molecule has 0 aliphatic carbocycles. The largest absolute Gasteiger partial charge is 0.475 e. The Morgan fingerprint density at radius 2 is 1.49 bits per heavy atom. The maximum atomic E-state index is 13.4. The van der Waals surface area contributed by atoms with Crippen LogP contribution in [0.2, 0.25) is 36.3 Å². The number of aliphatic hydroxyl groups is 1. The number of pyridine rings is 1. The van der Waals surface area contributed by atoms with Crippen molar-refractivity contribution >= 4 is 34.5 Å². The Labute approximate surface area is 314 Å². The van der Waals surface area contributed by atoms with Gasteiger partial charge < -0.3 is 19.1 Å². The normalized spacial score (nSPS) is 17.1. The second kappa shape index (κ2) is 19.4. The molecule has 0 aliphatic heterocycles. The van der Waals surface area contributed by atoms with Crippen LogP contribution >= 0.6 is 0 Å². The van der Waals surface area contributed by atoms with Gasteiger partial charge in [0.05, 0.1) is 17.9 Å². The Morgan fingerprint density at radius 1 is 0.922 bits per heavy atom. The van der Waals surface area contributed by atoms with Gasteiger partial charge in [-0.2, -0.15) is 0 Å². The molecular weight excluding hydrogens is 671 g/mol. The van der Waals surface area contributed by atoms with E-state index in [4.69, 9.17) is 8.85 Å². The van der Waals surface area contributed by atoms with Crippen LogP contribution in [0, 0.1) is 17.3 Å². The summed E-state index contributed by atoms with van der Waals surface area (Å²) in [6, 6.07) is 5.76. The van der Waals surface area contributed by atoms with Gasteiger partial charge in [0.1, 0.15) is 6.10 Å². The highest BCUT2D eigenvalue weighted by molar-refractivity contribution is 6.74. The van der Waals surface area contributed by atoms with Gasteiger partial charge >= 0.3 is 5.97 Å². The number of allylic oxidation sites excluding steroid dienone is 1. The van der Waals surface area contributed by atoms with Crippen LogP contribution in [0.15, 0.2) is 41.6 Å². The summed E-state index contributed by atoms with van der Waals surface area (Å²) in [5, 5.41) is 20.6. The summed E-state index contributed by atoms with van der Waals surface area (Å²) in [6.07, 6.45) is 10.2. The molecule has 1 heterocycles. The SMILES string of the molecule is CCC[C@H](CC(C)(C)[C@H](O[Si](C)(C)C(C)(C)C)C(=O)C(=O)O)[C@@H](O[Si](C)(C)C(C)(C)C)[C@@H](C)CCC/C(C)=C\C[C@H](O)/C(C)=C/c1ccccn1. The first-order valence-corrected chi connectivity index (χ1v) is 25.0. The molecule has 0 amide bonds. The summed E-state index contributed by atoms with van der Waals surface area (Å²) in [5.41, 5.74) is 2.28. The van der Waals surface area contributed by atoms with Crippen LogP contribution in [-0.2, 0) is 18.4 Å². The average Bonchev–Trinajstić information content (AvgIpc) is 2.99. The van der Waals surface area contributed by atoms with Gasteiger partial charge in [-0.1, -0.05) is 93.4 Å². The quantitative estimate of drug-likeness (QED) is 0.0733. The van der Waals surface area contributed by atoms with E-state index < -0.39 is 46.0 Å². The fourth-order valence-corrected chi connectivity index (χ4v) is 8.97. The zero-order chi connectivity index (χ0) is 39.6. The van der Waals surface area contributed by atoms with Crippen molar-refractivity contribution in [1.82, 2.24) is 4.98 Å². The molecule has 0 saturated carbocycles. The van der Waals surface area contributed by atoms with Crippen LogP contribution in [0.25, 0.3) is 6.08 Å². The second-order valence-corrected chi connectivity index (χ2v) is 28.3. The second-order valence-electron chi connectivity index (χ2n) is 18.8. The molecule has 0 fully saturated rings. The maximum Gasteiger partial charge on any atom is 0.374 e. The van der Waals surface area contributed by atoms with Gasteiger partial charge in [-0.05, 0) is 130 Å². The van der Waals surface area contributed by atoms with Gasteiger partial charge in [0.25, 0.3) is 5.78 Å². The van der Waals surface area contributed by atoms with E-state index in [0.717, 1.165) is 43.4 Å². The van der Waals surface area contributed by atoms with Gasteiger partial charge in [-0.15, -0.1) is 0 Å². The van der Waals surface area contributed by atoms with Crippen LogP contribution < -0.4 is 0 Å². The van der Waals surface area contributed by atoms with Gasteiger partial charge in [0.15, 0.2) is 16.6 Å². The maximum absolute atomic E-state index is 13.4. The molecule has 1 aromatic rings. The lowest BCUT2D eigenvalue weighted by molar-refractivity contribution is -0.156. The minimum Gasteiger partial charge on any atom is -0.475 e. The molecule has 5 atom stereocenters.